The van der Waals surface area contributed by atoms with Gasteiger partial charge in [-0.2, -0.15) is 0 Å². The molecule has 0 aliphatic heterocycles. The van der Waals surface area contributed by atoms with Crippen LogP contribution in [0.25, 0.3) is 6.08 Å². The molecule has 1 aliphatic rings. The number of halogens is 1. The largest absolute Gasteiger partial charge is 0.0840 e. The van der Waals surface area contributed by atoms with Crippen LogP contribution in [0.3, 0.4) is 0 Å². The molecule has 0 fully saturated rings. The molecule has 0 bridgehead atoms. The first kappa shape index (κ1) is 12.7. The monoisotopic (exact) mass is 248 g/mol. The highest BCUT2D eigenvalue weighted by Gasteiger charge is 2.12. The zero-order valence-electron chi connectivity index (χ0n) is 10.6. The number of hydrogen-bond acceptors (Lipinski definition) is 0. The van der Waals surface area contributed by atoms with Crippen molar-refractivity contribution in [2.75, 3.05) is 0 Å². The molecule has 1 aromatic rings. The Kier molecular flexibility index (Phi) is 4.67. The Morgan fingerprint density at radius 3 is 2.82 bits per heavy atom. The molecule has 17 heavy (non-hydrogen) atoms. The minimum atomic E-state index is 0.934. The van der Waals surface area contributed by atoms with E-state index in [1.807, 2.05) is 6.07 Å². The summed E-state index contributed by atoms with van der Waals surface area (Å²) in [5.74, 6) is 0. The van der Waals surface area contributed by atoms with Crippen LogP contribution in [-0.4, -0.2) is 0 Å². The minimum absolute atomic E-state index is 0.934. The van der Waals surface area contributed by atoms with Crippen molar-refractivity contribution in [1.29, 1.82) is 0 Å². The van der Waals surface area contributed by atoms with Crippen LogP contribution in [0.4, 0.5) is 0 Å². The van der Waals surface area contributed by atoms with E-state index in [9.17, 15) is 0 Å². The fraction of sp³-hybridized carbons (Fsp3) is 0.500. The van der Waals surface area contributed by atoms with Crippen LogP contribution in [0.15, 0.2) is 23.8 Å². The first-order chi connectivity index (χ1) is 8.31. The van der Waals surface area contributed by atoms with Crippen molar-refractivity contribution in [1.82, 2.24) is 0 Å². The third kappa shape index (κ3) is 3.35. The van der Waals surface area contributed by atoms with Gasteiger partial charge in [-0.3, -0.25) is 0 Å². The second-order valence-electron chi connectivity index (χ2n) is 4.92. The van der Waals surface area contributed by atoms with Gasteiger partial charge in [0.2, 0.25) is 0 Å². The van der Waals surface area contributed by atoms with E-state index in [4.69, 9.17) is 11.6 Å². The van der Waals surface area contributed by atoms with Crippen molar-refractivity contribution in [2.45, 2.75) is 51.9 Å². The van der Waals surface area contributed by atoms with Gasteiger partial charge in [-0.25, -0.2) is 0 Å². The topological polar surface area (TPSA) is 0 Å². The summed E-state index contributed by atoms with van der Waals surface area (Å²) in [6.45, 7) is 2.26. The van der Waals surface area contributed by atoms with Crippen molar-refractivity contribution < 1.29 is 0 Å². The second kappa shape index (κ2) is 6.26. The summed E-state index contributed by atoms with van der Waals surface area (Å²) in [5.41, 5.74) is 4.29. The SMILES string of the molecule is CCCCCCC1=Cc2cccc(Cl)c2CC1. The fourth-order valence-corrected chi connectivity index (χ4v) is 2.80. The van der Waals surface area contributed by atoms with Crippen LogP contribution in [0.2, 0.25) is 5.02 Å². The molecule has 0 heterocycles. The normalized spacial score (nSPS) is 14.4. The van der Waals surface area contributed by atoms with Crippen molar-refractivity contribution in [3.63, 3.8) is 0 Å². The van der Waals surface area contributed by atoms with E-state index in [0.717, 1.165) is 11.4 Å². The lowest BCUT2D eigenvalue weighted by molar-refractivity contribution is 0.654. The zero-order chi connectivity index (χ0) is 12.1. The number of unbranched alkanes of at least 4 members (excludes halogenated alkanes) is 3. The maximum Gasteiger partial charge on any atom is 0.0444 e. The maximum absolute atomic E-state index is 6.21. The molecule has 0 aromatic heterocycles. The van der Waals surface area contributed by atoms with Crippen LogP contribution in [0.5, 0.6) is 0 Å². The molecule has 92 valence electrons. The molecule has 0 saturated carbocycles. The fourth-order valence-electron chi connectivity index (χ4n) is 2.53. The Morgan fingerprint density at radius 2 is 2.00 bits per heavy atom. The van der Waals surface area contributed by atoms with E-state index in [2.05, 4.69) is 25.1 Å². The van der Waals surface area contributed by atoms with Gasteiger partial charge in [0.1, 0.15) is 0 Å². The first-order valence-corrected chi connectivity index (χ1v) is 7.16. The molecule has 1 aliphatic carbocycles. The standard InChI is InChI=1S/C16H21Cl/c1-2-3-4-5-7-13-10-11-15-14(12-13)8-6-9-16(15)17/h6,8-9,12H,2-5,7,10-11H2,1H3. The summed E-state index contributed by atoms with van der Waals surface area (Å²) < 4.78 is 0. The van der Waals surface area contributed by atoms with Gasteiger partial charge in [-0.1, -0.05) is 61.6 Å². The third-order valence-corrected chi connectivity index (χ3v) is 3.92. The lowest BCUT2D eigenvalue weighted by atomic mass is 9.89. The number of fused-ring (bicyclic) bond motifs is 1. The quantitative estimate of drug-likeness (QED) is 0.592. The Morgan fingerprint density at radius 1 is 1.12 bits per heavy atom. The van der Waals surface area contributed by atoms with Crippen LogP contribution in [0.1, 0.15) is 56.6 Å². The van der Waals surface area contributed by atoms with Gasteiger partial charge in [-0.05, 0) is 42.9 Å². The highest BCUT2D eigenvalue weighted by Crippen LogP contribution is 2.31. The molecule has 0 atom stereocenters. The Labute approximate surface area is 110 Å². The third-order valence-electron chi connectivity index (χ3n) is 3.56. The molecule has 0 nitrogen and oxygen atoms in total. The number of rotatable bonds is 5. The lowest BCUT2D eigenvalue weighted by Crippen LogP contribution is -2.00. The molecular weight excluding hydrogens is 228 g/mol. The van der Waals surface area contributed by atoms with Crippen LogP contribution < -0.4 is 0 Å². The van der Waals surface area contributed by atoms with Gasteiger partial charge in [0, 0.05) is 5.02 Å². The van der Waals surface area contributed by atoms with E-state index in [0.29, 0.717) is 0 Å². The van der Waals surface area contributed by atoms with E-state index in [1.54, 1.807) is 5.57 Å². The van der Waals surface area contributed by atoms with Gasteiger partial charge in [-0.15, -0.1) is 0 Å². The molecule has 2 rings (SSSR count). The first-order valence-electron chi connectivity index (χ1n) is 6.78. The summed E-state index contributed by atoms with van der Waals surface area (Å²) in [6.07, 6.45) is 11.3. The van der Waals surface area contributed by atoms with Crippen molar-refractivity contribution in [3.05, 3.63) is 39.9 Å². The highest BCUT2D eigenvalue weighted by atomic mass is 35.5. The van der Waals surface area contributed by atoms with Crippen LogP contribution in [0, 0.1) is 0 Å². The summed E-state index contributed by atoms with van der Waals surface area (Å²) >= 11 is 6.21. The maximum atomic E-state index is 6.21. The van der Waals surface area contributed by atoms with E-state index >= 15 is 0 Å². The molecule has 0 N–H and O–H groups in total. The Balaban J connectivity index is 1.98. The minimum Gasteiger partial charge on any atom is -0.0840 e. The molecule has 0 radical (unpaired) electrons. The van der Waals surface area contributed by atoms with Crippen molar-refractivity contribution in [3.8, 4) is 0 Å². The lowest BCUT2D eigenvalue weighted by Gasteiger charge is -2.17. The highest BCUT2D eigenvalue weighted by molar-refractivity contribution is 6.31. The predicted octanol–water partition coefficient (Wildman–Crippen LogP) is 5.64. The van der Waals surface area contributed by atoms with Gasteiger partial charge in [0.05, 0.1) is 0 Å². The van der Waals surface area contributed by atoms with Crippen molar-refractivity contribution >= 4 is 17.7 Å². The number of benzene rings is 1. The van der Waals surface area contributed by atoms with E-state index in [-0.39, 0.29) is 0 Å². The molecule has 0 saturated heterocycles. The van der Waals surface area contributed by atoms with Gasteiger partial charge >= 0.3 is 0 Å². The Bertz CT molecular complexity index is 404. The smallest absolute Gasteiger partial charge is 0.0444 e. The summed E-state index contributed by atoms with van der Waals surface area (Å²) in [4.78, 5) is 0. The molecule has 1 heteroatoms. The number of hydrogen-bond donors (Lipinski definition) is 0. The molecule has 0 unspecified atom stereocenters. The summed E-state index contributed by atoms with van der Waals surface area (Å²) in [5, 5.41) is 0.934. The van der Waals surface area contributed by atoms with E-state index in [1.165, 1.54) is 49.7 Å². The van der Waals surface area contributed by atoms with Gasteiger partial charge < -0.3 is 0 Å². The Hall–Kier alpha value is -0.750. The van der Waals surface area contributed by atoms with Crippen molar-refractivity contribution in [2.24, 2.45) is 0 Å². The predicted molar refractivity (Wildman–Crippen MR) is 76.5 cm³/mol. The molecular formula is C16H21Cl. The molecule has 0 amide bonds. The average molecular weight is 249 g/mol. The van der Waals surface area contributed by atoms with Gasteiger partial charge in [0.15, 0.2) is 0 Å². The average Bonchev–Trinajstić information content (AvgIpc) is 2.35. The number of allylic oxidation sites excluding steroid dienone is 1. The second-order valence-corrected chi connectivity index (χ2v) is 5.33. The van der Waals surface area contributed by atoms with Gasteiger partial charge in [0.25, 0.3) is 0 Å². The molecule has 1 aromatic carbocycles. The zero-order valence-corrected chi connectivity index (χ0v) is 11.4. The van der Waals surface area contributed by atoms with E-state index < -0.39 is 0 Å². The summed E-state index contributed by atoms with van der Waals surface area (Å²) in [6, 6.07) is 6.24. The summed E-state index contributed by atoms with van der Waals surface area (Å²) in [7, 11) is 0. The van der Waals surface area contributed by atoms with Crippen LogP contribution >= 0.6 is 11.6 Å². The molecule has 0 spiro atoms. The van der Waals surface area contributed by atoms with Crippen LogP contribution in [-0.2, 0) is 6.42 Å².